The molecule has 0 heterocycles. The maximum absolute atomic E-state index is 12.6. The van der Waals surface area contributed by atoms with E-state index in [1.807, 2.05) is 0 Å². The van der Waals surface area contributed by atoms with Crippen LogP contribution in [0.25, 0.3) is 0 Å². The SMILES string of the molecule is NC(=S)c1cc(F)cc(Br)c1. The topological polar surface area (TPSA) is 26.0 Å². The van der Waals surface area contributed by atoms with Gasteiger partial charge in [0.05, 0.1) is 0 Å². The van der Waals surface area contributed by atoms with Crippen molar-refractivity contribution in [2.24, 2.45) is 5.73 Å². The van der Waals surface area contributed by atoms with Crippen molar-refractivity contribution in [2.45, 2.75) is 0 Å². The molecule has 0 bridgehead atoms. The maximum atomic E-state index is 12.6. The van der Waals surface area contributed by atoms with Crippen molar-refractivity contribution < 1.29 is 4.39 Å². The molecule has 0 atom stereocenters. The molecule has 1 aromatic carbocycles. The zero-order chi connectivity index (χ0) is 8.43. The number of benzene rings is 1. The molecule has 0 spiro atoms. The van der Waals surface area contributed by atoms with Gasteiger partial charge in [0.1, 0.15) is 10.8 Å². The Hall–Kier alpha value is -0.480. The van der Waals surface area contributed by atoms with Crippen LogP contribution < -0.4 is 5.73 Å². The molecule has 0 aliphatic rings. The highest BCUT2D eigenvalue weighted by molar-refractivity contribution is 9.10. The number of nitrogens with two attached hydrogens (primary N) is 1. The van der Waals surface area contributed by atoms with E-state index in [4.69, 9.17) is 5.73 Å². The van der Waals surface area contributed by atoms with Crippen LogP contribution in [-0.4, -0.2) is 4.99 Å². The van der Waals surface area contributed by atoms with E-state index in [1.54, 1.807) is 6.07 Å². The first-order chi connectivity index (χ1) is 5.09. The highest BCUT2D eigenvalue weighted by atomic mass is 79.9. The number of thiocarbonyl (C=S) groups is 1. The predicted octanol–water partition coefficient (Wildman–Crippen LogP) is 2.22. The Morgan fingerprint density at radius 3 is 2.55 bits per heavy atom. The van der Waals surface area contributed by atoms with Gasteiger partial charge in [0.25, 0.3) is 0 Å². The van der Waals surface area contributed by atoms with E-state index in [0.29, 0.717) is 10.0 Å². The van der Waals surface area contributed by atoms with Gasteiger partial charge in [-0.05, 0) is 18.2 Å². The molecule has 0 aliphatic carbocycles. The lowest BCUT2D eigenvalue weighted by Crippen LogP contribution is -2.09. The Bertz CT molecular complexity index is 280. The molecule has 0 saturated carbocycles. The van der Waals surface area contributed by atoms with Gasteiger partial charge in [0, 0.05) is 10.0 Å². The molecule has 4 heteroatoms. The Labute approximate surface area is 77.5 Å². The summed E-state index contributed by atoms with van der Waals surface area (Å²) in [5, 5.41) is 0. The van der Waals surface area contributed by atoms with Crippen LogP contribution >= 0.6 is 28.1 Å². The summed E-state index contributed by atoms with van der Waals surface area (Å²) in [6.07, 6.45) is 0. The van der Waals surface area contributed by atoms with Crippen molar-refractivity contribution in [3.8, 4) is 0 Å². The Morgan fingerprint density at radius 2 is 2.09 bits per heavy atom. The van der Waals surface area contributed by atoms with Crippen LogP contribution in [0, 0.1) is 5.82 Å². The van der Waals surface area contributed by atoms with E-state index in [-0.39, 0.29) is 10.8 Å². The van der Waals surface area contributed by atoms with Crippen molar-refractivity contribution in [3.05, 3.63) is 34.1 Å². The van der Waals surface area contributed by atoms with E-state index in [0.717, 1.165) is 0 Å². The lowest BCUT2D eigenvalue weighted by molar-refractivity contribution is 0.626. The Kier molecular flexibility index (Phi) is 2.57. The minimum Gasteiger partial charge on any atom is -0.389 e. The Balaban J connectivity index is 3.19. The fraction of sp³-hybridized carbons (Fsp3) is 0. The average molecular weight is 234 g/mol. The molecule has 0 amide bonds. The molecule has 0 aliphatic heterocycles. The van der Waals surface area contributed by atoms with Gasteiger partial charge in [-0.25, -0.2) is 4.39 Å². The monoisotopic (exact) mass is 233 g/mol. The Morgan fingerprint density at radius 1 is 1.45 bits per heavy atom. The van der Waals surface area contributed by atoms with E-state index >= 15 is 0 Å². The molecule has 1 aromatic rings. The van der Waals surface area contributed by atoms with Crippen molar-refractivity contribution in [1.82, 2.24) is 0 Å². The fourth-order valence-corrected chi connectivity index (χ4v) is 1.28. The first kappa shape index (κ1) is 8.62. The first-order valence-electron chi connectivity index (χ1n) is 2.85. The summed E-state index contributed by atoms with van der Waals surface area (Å²) in [7, 11) is 0. The number of hydrogen-bond acceptors (Lipinski definition) is 1. The van der Waals surface area contributed by atoms with Crippen LogP contribution in [-0.2, 0) is 0 Å². The average Bonchev–Trinajstić information content (AvgIpc) is 1.85. The predicted molar refractivity (Wildman–Crippen MR) is 50.0 cm³/mol. The molecule has 1 nitrogen and oxygen atoms in total. The summed E-state index contributed by atoms with van der Waals surface area (Å²) in [4.78, 5) is 0.199. The van der Waals surface area contributed by atoms with E-state index in [2.05, 4.69) is 28.1 Å². The van der Waals surface area contributed by atoms with Gasteiger partial charge in [-0.1, -0.05) is 28.1 Å². The van der Waals surface area contributed by atoms with Gasteiger partial charge in [0.15, 0.2) is 0 Å². The summed E-state index contributed by atoms with van der Waals surface area (Å²) < 4.78 is 13.3. The van der Waals surface area contributed by atoms with Gasteiger partial charge in [-0.15, -0.1) is 0 Å². The quantitative estimate of drug-likeness (QED) is 0.754. The lowest BCUT2D eigenvalue weighted by atomic mass is 10.2. The van der Waals surface area contributed by atoms with Crippen molar-refractivity contribution in [2.75, 3.05) is 0 Å². The van der Waals surface area contributed by atoms with E-state index in [9.17, 15) is 4.39 Å². The summed E-state index contributed by atoms with van der Waals surface area (Å²) in [5.41, 5.74) is 5.83. The van der Waals surface area contributed by atoms with Crippen LogP contribution in [0.2, 0.25) is 0 Å². The summed E-state index contributed by atoms with van der Waals surface area (Å²) >= 11 is 7.80. The highest BCUT2D eigenvalue weighted by Gasteiger charge is 1.99. The van der Waals surface area contributed by atoms with Crippen molar-refractivity contribution in [1.29, 1.82) is 0 Å². The van der Waals surface area contributed by atoms with E-state index in [1.165, 1.54) is 12.1 Å². The van der Waals surface area contributed by atoms with Crippen LogP contribution in [0.4, 0.5) is 4.39 Å². The van der Waals surface area contributed by atoms with Crippen molar-refractivity contribution >= 4 is 33.1 Å². The zero-order valence-corrected chi connectivity index (χ0v) is 7.88. The summed E-state index contributed by atoms with van der Waals surface area (Å²) in [6, 6.07) is 4.32. The standard InChI is InChI=1S/C7H5BrFNS/c8-5-1-4(7(10)11)2-6(9)3-5/h1-3H,(H2,10,11). The molecule has 58 valence electrons. The van der Waals surface area contributed by atoms with Crippen LogP contribution in [0.3, 0.4) is 0 Å². The second kappa shape index (κ2) is 3.28. The molecule has 0 fully saturated rings. The van der Waals surface area contributed by atoms with Crippen LogP contribution in [0.1, 0.15) is 5.56 Å². The molecule has 0 aromatic heterocycles. The third-order valence-corrected chi connectivity index (χ3v) is 1.84. The molecule has 1 rings (SSSR count). The molecule has 0 saturated heterocycles. The zero-order valence-electron chi connectivity index (χ0n) is 5.47. The van der Waals surface area contributed by atoms with Gasteiger partial charge >= 0.3 is 0 Å². The number of halogens is 2. The van der Waals surface area contributed by atoms with Gasteiger partial charge in [0.2, 0.25) is 0 Å². The molecular formula is C7H5BrFNS. The molecule has 0 radical (unpaired) electrons. The summed E-state index contributed by atoms with van der Waals surface area (Å²) in [5.74, 6) is -0.345. The van der Waals surface area contributed by atoms with Gasteiger partial charge in [-0.3, -0.25) is 0 Å². The fourth-order valence-electron chi connectivity index (χ4n) is 0.696. The molecule has 0 unspecified atom stereocenters. The third kappa shape index (κ3) is 2.24. The smallest absolute Gasteiger partial charge is 0.125 e. The van der Waals surface area contributed by atoms with Crippen molar-refractivity contribution in [3.63, 3.8) is 0 Å². The third-order valence-electron chi connectivity index (χ3n) is 1.15. The maximum Gasteiger partial charge on any atom is 0.125 e. The normalized spacial score (nSPS) is 9.64. The number of hydrogen-bond donors (Lipinski definition) is 1. The van der Waals surface area contributed by atoms with Crippen LogP contribution in [0.5, 0.6) is 0 Å². The second-order valence-corrected chi connectivity index (χ2v) is 3.38. The molecular weight excluding hydrogens is 229 g/mol. The number of rotatable bonds is 1. The lowest BCUT2D eigenvalue weighted by Gasteiger charge is -1.98. The highest BCUT2D eigenvalue weighted by Crippen LogP contribution is 2.14. The van der Waals surface area contributed by atoms with Gasteiger partial charge < -0.3 is 5.73 Å². The molecule has 11 heavy (non-hydrogen) atoms. The first-order valence-corrected chi connectivity index (χ1v) is 4.05. The van der Waals surface area contributed by atoms with E-state index < -0.39 is 0 Å². The second-order valence-electron chi connectivity index (χ2n) is 2.02. The summed E-state index contributed by atoms with van der Waals surface area (Å²) in [6.45, 7) is 0. The minimum absolute atomic E-state index is 0.199. The largest absolute Gasteiger partial charge is 0.389 e. The van der Waals surface area contributed by atoms with Gasteiger partial charge in [-0.2, -0.15) is 0 Å². The molecule has 2 N–H and O–H groups in total. The van der Waals surface area contributed by atoms with Crippen LogP contribution in [0.15, 0.2) is 22.7 Å². The minimum atomic E-state index is -0.345.